The highest BCUT2D eigenvalue weighted by Crippen LogP contribution is 2.52. The number of halogens is 4. The Morgan fingerprint density at radius 3 is 1.51 bits per heavy atom. The van der Waals surface area contributed by atoms with Gasteiger partial charge in [0, 0.05) is 189 Å². The van der Waals surface area contributed by atoms with Crippen molar-refractivity contribution < 1.29 is 47.9 Å². The first-order valence-electron chi connectivity index (χ1n) is 31.8. The largest absolute Gasteiger partial charge is 0.481 e. The van der Waals surface area contributed by atoms with Crippen molar-refractivity contribution in [3.63, 3.8) is 0 Å². The van der Waals surface area contributed by atoms with E-state index in [1.165, 1.54) is 18.3 Å². The highest BCUT2D eigenvalue weighted by molar-refractivity contribution is 7.20. The van der Waals surface area contributed by atoms with Crippen LogP contribution in [0.15, 0.2) is 98.9 Å². The summed E-state index contributed by atoms with van der Waals surface area (Å²) in [5.41, 5.74) is 17.0. The number of aromatic nitrogens is 6. The molecule has 492 valence electrons. The summed E-state index contributed by atoms with van der Waals surface area (Å²) in [5.74, 6) is 4.59. The van der Waals surface area contributed by atoms with E-state index in [0.717, 1.165) is 214 Å². The maximum Gasteiger partial charge on any atom is 0.217 e. The molecule has 0 saturated carbocycles. The highest BCUT2D eigenvalue weighted by atomic mass is 35.5. The second-order valence-corrected chi connectivity index (χ2v) is 28.7. The number of fused-ring (bicyclic) bond motifs is 9. The van der Waals surface area contributed by atoms with Gasteiger partial charge in [0.25, 0.3) is 0 Å². The van der Waals surface area contributed by atoms with Gasteiger partial charge in [-0.1, -0.05) is 50.3 Å². The fourth-order valence-corrected chi connectivity index (χ4v) is 17.4. The molecule has 0 bridgehead atoms. The number of alkyl halides is 1. The first-order chi connectivity index (χ1) is 46.8. The van der Waals surface area contributed by atoms with Gasteiger partial charge in [0.15, 0.2) is 35.6 Å². The predicted octanol–water partition coefficient (Wildman–Crippen LogP) is 12.6. The van der Waals surface area contributed by atoms with E-state index in [1.54, 1.807) is 36.0 Å². The maximum absolute atomic E-state index is 11.3. The molecule has 0 spiro atoms. The third-order valence-electron chi connectivity index (χ3n) is 18.8. The van der Waals surface area contributed by atoms with Crippen molar-refractivity contribution in [1.29, 1.82) is 0 Å². The zero-order valence-corrected chi connectivity index (χ0v) is 56.3. The molecule has 20 nitrogen and oxygen atoms in total. The maximum atomic E-state index is 11.3. The van der Waals surface area contributed by atoms with E-state index in [4.69, 9.17) is 74.2 Å². The molecule has 1 amide bonds. The number of carbonyl (C=O) groups excluding carboxylic acids is 1. The molecule has 11 aromatic rings. The molecule has 5 atom stereocenters. The van der Waals surface area contributed by atoms with E-state index in [0.29, 0.717) is 57.7 Å². The van der Waals surface area contributed by atoms with Crippen molar-refractivity contribution >= 4 is 95.4 Å². The summed E-state index contributed by atoms with van der Waals surface area (Å²) in [5, 5.41) is 58.4. The van der Waals surface area contributed by atoms with Crippen molar-refractivity contribution in [3.8, 4) is 50.6 Å². The van der Waals surface area contributed by atoms with Crippen LogP contribution in [0.5, 0.6) is 17.2 Å². The minimum Gasteiger partial charge on any atom is -0.481 e. The lowest BCUT2D eigenvalue weighted by Gasteiger charge is -2.20. The number of benzene rings is 3. The smallest absolute Gasteiger partial charge is 0.217 e. The summed E-state index contributed by atoms with van der Waals surface area (Å²) in [6.45, 7) is 6.45. The van der Waals surface area contributed by atoms with Gasteiger partial charge >= 0.3 is 0 Å². The summed E-state index contributed by atoms with van der Waals surface area (Å²) < 4.78 is 38.5. The summed E-state index contributed by atoms with van der Waals surface area (Å²) in [6, 6.07) is 21.3. The zero-order valence-electron chi connectivity index (χ0n) is 51.6. The molecular weight excluding hydrogens is 1350 g/mol. The molecule has 96 heavy (non-hydrogen) atoms. The number of carbonyl (C=O) groups is 1. The minimum absolute atomic E-state index is 0.0578. The minimum atomic E-state index is -1.53. The SMILES string of the molecule is CC(=O)NCc1cc2nccc(-c3cc(Cl)cc4c3OC(c3onc5c3CNCC5)C4)c2s1.OC1CCc2c(-c3cc(Cl)cc4c3OC(c3onc5c3CNCC5)C4)ccnc21.OCC(O)(CCl)c1cc2nccc(-c3cc(Cl)cc4c3OC(c3onc5c3CNCC5)C4)c2s1. The fraction of sp³-hybridized carbons (Fsp3) is 0.329. The van der Waals surface area contributed by atoms with Crippen LogP contribution in [0, 0.1) is 0 Å². The normalized spacial score (nSPS) is 19.2. The Hall–Kier alpha value is -7.55. The summed E-state index contributed by atoms with van der Waals surface area (Å²) in [6.07, 6.45) is 10.1. The Balaban J connectivity index is 0.000000114. The number of amides is 1. The average Bonchev–Trinajstić information content (AvgIpc) is 1.60. The predicted molar refractivity (Wildman–Crippen MR) is 364 cm³/mol. The quantitative estimate of drug-likeness (QED) is 0.0593. The van der Waals surface area contributed by atoms with Crippen LogP contribution in [-0.2, 0) is 81.5 Å². The Labute approximate surface area is 577 Å². The number of nitrogens with zero attached hydrogens (tertiary/aromatic N) is 6. The molecule has 0 saturated heterocycles. The van der Waals surface area contributed by atoms with Crippen LogP contribution in [0.1, 0.15) is 127 Å². The van der Waals surface area contributed by atoms with Crippen molar-refractivity contribution in [3.05, 3.63) is 189 Å². The van der Waals surface area contributed by atoms with Gasteiger partial charge in [0.05, 0.1) is 68.3 Å². The van der Waals surface area contributed by atoms with Crippen molar-refractivity contribution in [2.45, 2.75) is 114 Å². The number of rotatable bonds is 11. The number of hydrogen-bond acceptors (Lipinski definition) is 21. The monoisotopic (exact) mass is 1410 g/mol. The molecule has 7 aliphatic rings. The lowest BCUT2D eigenvalue weighted by atomic mass is 9.96. The van der Waals surface area contributed by atoms with Crippen molar-refractivity contribution in [2.24, 2.45) is 0 Å². The Kier molecular flexibility index (Phi) is 17.1. The standard InChI is InChI=1S/C24H21Cl2N3O4S.C24H21ClN4O3S.C22H20ClN3O3/c25-10-24(31,11-30)20-8-18-23(34-20)14(1-4-28-18)15-7-13(26)5-12-6-19(32-21(12)15)22-16-9-27-3-2-17(16)29-33-22;1-12(30)28-10-15-9-20-24(33-15)16(2-5-27-20)17-8-14(25)6-13-7-21(31-22(13)17)23-18-11-26-4-3-19(18)29-32-23;23-12-7-11-8-19(22-16-10-24-5-4-17(16)26-29-22)28-21(11)15(9-12)13-3-6-25-20-14(13)1-2-18(20)27/h1,4-5,7-8,19,27,30-31H,2-3,6,9-11H2;2,5-6,8-9,21,26H,3-4,7,10-11H2,1H3,(H,28,30);3,6-7,9,18-19,24,27H,1-2,4-5,8,10H2. The van der Waals surface area contributed by atoms with Crippen LogP contribution in [-0.4, -0.2) is 83.8 Å². The second kappa shape index (κ2) is 26.0. The van der Waals surface area contributed by atoms with E-state index in [2.05, 4.69) is 51.7 Å². The fourth-order valence-electron chi connectivity index (χ4n) is 14.1. The van der Waals surface area contributed by atoms with E-state index >= 15 is 0 Å². The van der Waals surface area contributed by atoms with Crippen LogP contribution in [0.2, 0.25) is 15.1 Å². The number of hydrogen-bond donors (Lipinski definition) is 7. The van der Waals surface area contributed by atoms with Crippen LogP contribution in [0.4, 0.5) is 0 Å². The number of pyridine rings is 3. The zero-order chi connectivity index (χ0) is 65.5. The first-order valence-corrected chi connectivity index (χ1v) is 35.1. The van der Waals surface area contributed by atoms with Gasteiger partial charge in [0.2, 0.25) is 5.91 Å². The van der Waals surface area contributed by atoms with Gasteiger partial charge in [-0.3, -0.25) is 19.7 Å². The van der Waals surface area contributed by atoms with E-state index in [9.17, 15) is 20.1 Å². The number of ether oxygens (including phenoxy) is 3. The van der Waals surface area contributed by atoms with Gasteiger partial charge in [-0.15, -0.1) is 34.3 Å². The van der Waals surface area contributed by atoms with Crippen LogP contribution < -0.4 is 35.5 Å². The number of thiophene rings is 2. The van der Waals surface area contributed by atoms with Crippen molar-refractivity contribution in [2.75, 3.05) is 32.1 Å². The molecule has 1 aliphatic carbocycles. The Morgan fingerprint density at radius 2 is 1.04 bits per heavy atom. The number of aliphatic hydroxyl groups is 3. The topological polar surface area (TPSA) is 270 Å². The molecule has 14 heterocycles. The Bertz CT molecular complexity index is 4870. The number of aliphatic hydroxyl groups excluding tert-OH is 2. The first kappa shape index (κ1) is 63.2. The number of nitrogens with one attached hydrogen (secondary N) is 4. The van der Waals surface area contributed by atoms with Crippen molar-refractivity contribution in [1.82, 2.24) is 51.7 Å². The van der Waals surface area contributed by atoms with Gasteiger partial charge in [0.1, 0.15) is 22.8 Å². The molecule has 7 N–H and O–H groups in total. The molecule has 8 aromatic heterocycles. The highest BCUT2D eigenvalue weighted by Gasteiger charge is 2.39. The average molecular weight is 1410 g/mol. The molecule has 26 heteroatoms. The summed E-state index contributed by atoms with van der Waals surface area (Å²) >= 11 is 28.5. The summed E-state index contributed by atoms with van der Waals surface area (Å²) in [7, 11) is 0. The molecule has 6 aliphatic heterocycles. The molecule has 0 radical (unpaired) electrons. The third-order valence-corrected chi connectivity index (χ3v) is 22.4. The lowest BCUT2D eigenvalue weighted by molar-refractivity contribution is -0.119. The lowest BCUT2D eigenvalue weighted by Crippen LogP contribution is -2.31. The molecule has 18 rings (SSSR count). The van der Waals surface area contributed by atoms with Crippen LogP contribution in [0.3, 0.4) is 0 Å². The molecule has 0 fully saturated rings. The molecule has 3 aromatic carbocycles. The van der Waals surface area contributed by atoms with Gasteiger partial charge in [-0.2, -0.15) is 0 Å². The van der Waals surface area contributed by atoms with Gasteiger partial charge in [-0.25, -0.2) is 0 Å². The third kappa shape index (κ3) is 11.7. The second-order valence-electron chi connectivity index (χ2n) is 24.9. The van der Waals surface area contributed by atoms with E-state index in [1.807, 2.05) is 60.7 Å². The van der Waals surface area contributed by atoms with E-state index in [-0.39, 0.29) is 30.1 Å². The van der Waals surface area contributed by atoms with Gasteiger partial charge in [-0.05, 0) is 90.7 Å². The Morgan fingerprint density at radius 1 is 0.594 bits per heavy atom. The van der Waals surface area contributed by atoms with Gasteiger partial charge < -0.3 is 64.4 Å². The summed E-state index contributed by atoms with van der Waals surface area (Å²) in [4.78, 5) is 26.3. The van der Waals surface area contributed by atoms with Crippen LogP contribution in [0.25, 0.3) is 53.8 Å². The molecular formula is C70H62Cl4N10O10S2. The van der Waals surface area contributed by atoms with E-state index < -0.39 is 18.3 Å². The van der Waals surface area contributed by atoms with Crippen LogP contribution >= 0.6 is 69.1 Å². The molecule has 5 unspecified atom stereocenters.